The van der Waals surface area contributed by atoms with Crippen molar-refractivity contribution in [2.45, 2.75) is 57.7 Å². The molecule has 1 saturated carbocycles. The van der Waals surface area contributed by atoms with Gasteiger partial charge in [-0.1, -0.05) is 18.2 Å². The molecule has 2 aliphatic rings. The van der Waals surface area contributed by atoms with E-state index >= 15 is 0 Å². The number of carbonyl (C=O) groups is 1. The first-order valence-electron chi connectivity index (χ1n) is 9.24. The standard InChI is InChI=1S/C20H26F3NO2/c1-13-4-3-5-15(17(13)20(21,22)23)10-14-6-8-24(9-7-14)18(25)16-11-19(2,26)12-16/h3-5,14,16,26H,6-12H2,1-2H3/t16-,19+. The first-order chi connectivity index (χ1) is 12.1. The van der Waals surface area contributed by atoms with Gasteiger partial charge in [-0.05, 0) is 63.0 Å². The van der Waals surface area contributed by atoms with Crippen LogP contribution >= 0.6 is 0 Å². The molecule has 0 radical (unpaired) electrons. The summed E-state index contributed by atoms with van der Waals surface area (Å²) in [7, 11) is 0. The van der Waals surface area contributed by atoms with Crippen molar-refractivity contribution in [1.29, 1.82) is 0 Å². The Kier molecular flexibility index (Phi) is 5.08. The molecule has 1 aliphatic heterocycles. The maximum absolute atomic E-state index is 13.4. The largest absolute Gasteiger partial charge is 0.416 e. The molecule has 1 N–H and O–H groups in total. The van der Waals surface area contributed by atoms with Crippen LogP contribution in [0.2, 0.25) is 0 Å². The Morgan fingerprint density at radius 2 is 1.88 bits per heavy atom. The predicted octanol–water partition coefficient (Wildman–Crippen LogP) is 3.96. The van der Waals surface area contributed by atoms with E-state index in [-0.39, 0.29) is 23.3 Å². The smallest absolute Gasteiger partial charge is 0.390 e. The number of aryl methyl sites for hydroxylation is 1. The van der Waals surface area contributed by atoms with Gasteiger partial charge >= 0.3 is 6.18 Å². The van der Waals surface area contributed by atoms with Gasteiger partial charge in [0.05, 0.1) is 11.2 Å². The minimum Gasteiger partial charge on any atom is -0.390 e. The van der Waals surface area contributed by atoms with Gasteiger partial charge in [0.1, 0.15) is 0 Å². The lowest BCUT2D eigenvalue weighted by Gasteiger charge is -2.43. The lowest BCUT2D eigenvalue weighted by molar-refractivity contribution is -0.151. The van der Waals surface area contributed by atoms with Crippen LogP contribution in [0.1, 0.15) is 49.3 Å². The fourth-order valence-corrected chi connectivity index (χ4v) is 4.41. The summed E-state index contributed by atoms with van der Waals surface area (Å²) in [6.07, 6.45) is -1.48. The van der Waals surface area contributed by atoms with Crippen LogP contribution in [-0.4, -0.2) is 34.6 Å². The second kappa shape index (κ2) is 6.87. The lowest BCUT2D eigenvalue weighted by atomic mass is 9.71. The molecule has 0 atom stereocenters. The zero-order chi connectivity index (χ0) is 19.1. The third-order valence-corrected chi connectivity index (χ3v) is 5.80. The fourth-order valence-electron chi connectivity index (χ4n) is 4.41. The summed E-state index contributed by atoms with van der Waals surface area (Å²) >= 11 is 0. The van der Waals surface area contributed by atoms with Crippen LogP contribution in [0.4, 0.5) is 13.2 Å². The Bertz CT molecular complexity index is 668. The van der Waals surface area contributed by atoms with Crippen molar-refractivity contribution < 1.29 is 23.1 Å². The van der Waals surface area contributed by atoms with Crippen molar-refractivity contribution in [1.82, 2.24) is 4.90 Å². The number of amides is 1. The molecule has 0 unspecified atom stereocenters. The summed E-state index contributed by atoms with van der Waals surface area (Å²) in [6.45, 7) is 4.43. The zero-order valence-electron chi connectivity index (χ0n) is 15.3. The maximum Gasteiger partial charge on any atom is 0.416 e. The molecule has 3 nitrogen and oxygen atoms in total. The Labute approximate surface area is 152 Å². The van der Waals surface area contributed by atoms with Crippen LogP contribution < -0.4 is 0 Å². The fraction of sp³-hybridized carbons (Fsp3) is 0.650. The Balaban J connectivity index is 1.58. The third kappa shape index (κ3) is 4.05. The number of likely N-dealkylation sites (tertiary alicyclic amines) is 1. The summed E-state index contributed by atoms with van der Waals surface area (Å²) in [5.41, 5.74) is -0.607. The summed E-state index contributed by atoms with van der Waals surface area (Å²) in [5.74, 6) is 0.142. The number of hydrogen-bond acceptors (Lipinski definition) is 2. The highest BCUT2D eigenvalue weighted by atomic mass is 19.4. The third-order valence-electron chi connectivity index (χ3n) is 5.80. The molecule has 1 saturated heterocycles. The molecule has 1 aromatic rings. The monoisotopic (exact) mass is 369 g/mol. The van der Waals surface area contributed by atoms with Crippen molar-refractivity contribution in [3.63, 3.8) is 0 Å². The molecule has 144 valence electrons. The molecule has 26 heavy (non-hydrogen) atoms. The number of hydrogen-bond donors (Lipinski definition) is 1. The number of benzene rings is 1. The zero-order valence-corrected chi connectivity index (χ0v) is 15.3. The number of rotatable bonds is 3. The second-order valence-electron chi connectivity index (χ2n) is 8.18. The molecule has 0 spiro atoms. The van der Waals surface area contributed by atoms with Gasteiger partial charge in [-0.3, -0.25) is 4.79 Å². The Hall–Kier alpha value is -1.56. The Morgan fingerprint density at radius 1 is 1.27 bits per heavy atom. The van der Waals surface area contributed by atoms with Crippen LogP contribution in [-0.2, 0) is 17.4 Å². The SMILES string of the molecule is Cc1cccc(CC2CCN(C(=O)[C@H]3C[C@@](C)(O)C3)CC2)c1C(F)(F)F. The van der Waals surface area contributed by atoms with Crippen molar-refractivity contribution in [2.24, 2.45) is 11.8 Å². The first kappa shape index (κ1) is 19.2. The van der Waals surface area contributed by atoms with Gasteiger partial charge in [-0.25, -0.2) is 0 Å². The quantitative estimate of drug-likeness (QED) is 0.876. The second-order valence-corrected chi connectivity index (χ2v) is 8.18. The normalized spacial score (nSPS) is 27.3. The molecular formula is C20H26F3NO2. The van der Waals surface area contributed by atoms with E-state index in [0.717, 1.165) is 12.8 Å². The number of aliphatic hydroxyl groups is 1. The molecule has 3 rings (SSSR count). The molecule has 1 aliphatic carbocycles. The van der Waals surface area contributed by atoms with E-state index < -0.39 is 17.3 Å². The van der Waals surface area contributed by atoms with E-state index in [1.165, 1.54) is 13.0 Å². The number of alkyl halides is 3. The van der Waals surface area contributed by atoms with Crippen LogP contribution in [0.3, 0.4) is 0 Å². The van der Waals surface area contributed by atoms with E-state index in [4.69, 9.17) is 0 Å². The summed E-state index contributed by atoms with van der Waals surface area (Å²) in [6, 6.07) is 4.76. The van der Waals surface area contributed by atoms with E-state index in [0.29, 0.717) is 37.9 Å². The topological polar surface area (TPSA) is 40.5 Å². The number of nitrogens with zero attached hydrogens (tertiary/aromatic N) is 1. The number of carbonyl (C=O) groups excluding carboxylic acids is 1. The van der Waals surface area contributed by atoms with Gasteiger partial charge in [0.15, 0.2) is 0 Å². The van der Waals surface area contributed by atoms with E-state index in [1.807, 2.05) is 4.90 Å². The van der Waals surface area contributed by atoms with Gasteiger partial charge in [0, 0.05) is 19.0 Å². The highest BCUT2D eigenvalue weighted by molar-refractivity contribution is 5.80. The maximum atomic E-state index is 13.4. The first-order valence-corrected chi connectivity index (χ1v) is 9.24. The minimum atomic E-state index is -4.33. The van der Waals surface area contributed by atoms with Gasteiger partial charge in [0.25, 0.3) is 0 Å². The average molecular weight is 369 g/mol. The number of halogens is 3. The molecule has 1 aromatic carbocycles. The van der Waals surface area contributed by atoms with Gasteiger partial charge in [0.2, 0.25) is 5.91 Å². The summed E-state index contributed by atoms with van der Waals surface area (Å²) < 4.78 is 40.1. The van der Waals surface area contributed by atoms with E-state index in [2.05, 4.69) is 0 Å². The Morgan fingerprint density at radius 3 is 2.42 bits per heavy atom. The molecule has 1 heterocycles. The molecule has 1 amide bonds. The van der Waals surface area contributed by atoms with Crippen LogP contribution in [0.15, 0.2) is 18.2 Å². The lowest BCUT2D eigenvalue weighted by Crippen LogP contribution is -2.51. The molecule has 0 aromatic heterocycles. The molecule has 2 fully saturated rings. The summed E-state index contributed by atoms with van der Waals surface area (Å²) in [5, 5.41) is 9.79. The van der Waals surface area contributed by atoms with Crippen molar-refractivity contribution in [3.05, 3.63) is 34.9 Å². The molecule has 0 bridgehead atoms. The van der Waals surface area contributed by atoms with Crippen LogP contribution in [0.5, 0.6) is 0 Å². The van der Waals surface area contributed by atoms with Crippen molar-refractivity contribution >= 4 is 5.91 Å². The minimum absolute atomic E-state index is 0.0847. The average Bonchev–Trinajstić information content (AvgIpc) is 2.51. The van der Waals surface area contributed by atoms with Crippen LogP contribution in [0.25, 0.3) is 0 Å². The molecular weight excluding hydrogens is 343 g/mol. The van der Waals surface area contributed by atoms with Gasteiger partial charge in [-0.15, -0.1) is 0 Å². The van der Waals surface area contributed by atoms with Crippen molar-refractivity contribution in [3.8, 4) is 0 Å². The van der Waals surface area contributed by atoms with E-state index in [1.54, 1.807) is 19.1 Å². The summed E-state index contributed by atoms with van der Waals surface area (Å²) in [4.78, 5) is 14.2. The molecule has 6 heteroatoms. The van der Waals surface area contributed by atoms with E-state index in [9.17, 15) is 23.1 Å². The van der Waals surface area contributed by atoms with Crippen molar-refractivity contribution in [2.75, 3.05) is 13.1 Å². The van der Waals surface area contributed by atoms with Crippen LogP contribution in [0, 0.1) is 18.8 Å². The van der Waals surface area contributed by atoms with Gasteiger partial charge in [-0.2, -0.15) is 13.2 Å². The highest BCUT2D eigenvalue weighted by Gasteiger charge is 2.44. The predicted molar refractivity (Wildman–Crippen MR) is 92.5 cm³/mol. The highest BCUT2D eigenvalue weighted by Crippen LogP contribution is 2.39. The van der Waals surface area contributed by atoms with Gasteiger partial charge < -0.3 is 10.0 Å². The number of piperidine rings is 1.